The number of aromatic nitrogens is 2. The molecule has 1 N–H and O–H groups in total. The Balaban J connectivity index is 2.19. The molecule has 0 aliphatic carbocycles. The minimum atomic E-state index is -0.306. The number of azo groups is 1. The van der Waals surface area contributed by atoms with Gasteiger partial charge in [-0.15, -0.1) is 5.11 Å². The molecule has 3 aromatic rings. The molecule has 0 unspecified atom stereocenters. The summed E-state index contributed by atoms with van der Waals surface area (Å²) in [7, 11) is 1.51. The van der Waals surface area contributed by atoms with Crippen molar-refractivity contribution in [2.45, 2.75) is 6.92 Å². The Morgan fingerprint density at radius 3 is 2.29 bits per heavy atom. The summed E-state index contributed by atoms with van der Waals surface area (Å²) in [5.41, 5.74) is 1.62. The van der Waals surface area contributed by atoms with E-state index in [4.69, 9.17) is 0 Å². The van der Waals surface area contributed by atoms with Gasteiger partial charge in [-0.1, -0.05) is 24.3 Å². The average molecular weight is 321 g/mol. The molecule has 6 nitrogen and oxygen atoms in total. The van der Waals surface area contributed by atoms with Crippen LogP contribution in [0.2, 0.25) is 0 Å². The van der Waals surface area contributed by atoms with E-state index in [9.17, 15) is 9.90 Å². The first-order chi connectivity index (χ1) is 11.6. The van der Waals surface area contributed by atoms with Crippen LogP contribution < -0.4 is 10.1 Å². The molecule has 3 rings (SSSR count). The summed E-state index contributed by atoms with van der Waals surface area (Å²) in [5.74, 6) is -0.211. The Labute approximate surface area is 139 Å². The Hall–Kier alpha value is -3.28. The van der Waals surface area contributed by atoms with Gasteiger partial charge in [0, 0.05) is 19.2 Å². The lowest BCUT2D eigenvalue weighted by molar-refractivity contribution is -0.597. The Morgan fingerprint density at radius 1 is 1.00 bits per heavy atom. The second-order valence-corrected chi connectivity index (χ2v) is 5.33. The van der Waals surface area contributed by atoms with Crippen LogP contribution in [0, 0.1) is 6.92 Å². The van der Waals surface area contributed by atoms with Crippen molar-refractivity contribution >= 4 is 11.4 Å². The highest BCUT2D eigenvalue weighted by Gasteiger charge is 2.24. The third-order valence-electron chi connectivity index (χ3n) is 3.74. The number of aromatic hydroxyl groups is 1. The molecular weight excluding hydrogens is 304 g/mol. The number of hydrogen-bond donors (Lipinski definition) is 1. The van der Waals surface area contributed by atoms with Gasteiger partial charge in [-0.25, -0.2) is 0 Å². The molecule has 2 aromatic heterocycles. The van der Waals surface area contributed by atoms with Crippen molar-refractivity contribution in [1.82, 2.24) is 4.57 Å². The molecule has 0 bridgehead atoms. The van der Waals surface area contributed by atoms with Crippen LogP contribution in [-0.4, -0.2) is 9.67 Å². The molecule has 1 aromatic carbocycles. The van der Waals surface area contributed by atoms with Gasteiger partial charge in [0.15, 0.2) is 18.1 Å². The molecule has 0 atom stereocenters. The number of pyridine rings is 2. The average Bonchev–Trinajstić information content (AvgIpc) is 2.62. The van der Waals surface area contributed by atoms with E-state index in [1.54, 1.807) is 23.9 Å². The van der Waals surface area contributed by atoms with Crippen LogP contribution in [0.1, 0.15) is 5.56 Å². The van der Waals surface area contributed by atoms with Gasteiger partial charge in [-0.05, 0) is 19.1 Å². The molecule has 0 aliphatic heterocycles. The molecule has 2 heterocycles. The SMILES string of the molecule is Cc1c(N=Nc2ccccc2)c(O)n(C)c(=O)c1-[n+]1ccccc1. The van der Waals surface area contributed by atoms with E-state index in [0.29, 0.717) is 16.9 Å². The summed E-state index contributed by atoms with van der Waals surface area (Å²) in [4.78, 5) is 12.5. The van der Waals surface area contributed by atoms with E-state index in [0.717, 1.165) is 0 Å². The quantitative estimate of drug-likeness (QED) is 0.595. The molecule has 0 aliphatic rings. The number of nitrogens with zero attached hydrogens (tertiary/aromatic N) is 4. The van der Waals surface area contributed by atoms with E-state index in [1.165, 1.54) is 11.6 Å². The van der Waals surface area contributed by atoms with Crippen LogP contribution in [-0.2, 0) is 7.05 Å². The molecule has 0 saturated carbocycles. The summed E-state index contributed by atoms with van der Waals surface area (Å²) in [6.07, 6.45) is 3.55. The Morgan fingerprint density at radius 2 is 1.62 bits per heavy atom. The molecular formula is C18H17N4O2+. The van der Waals surface area contributed by atoms with Crippen LogP contribution in [0.4, 0.5) is 11.4 Å². The van der Waals surface area contributed by atoms with Gasteiger partial charge in [-0.3, -0.25) is 9.36 Å². The highest BCUT2D eigenvalue weighted by Crippen LogP contribution is 2.31. The lowest BCUT2D eigenvalue weighted by atomic mass is 10.2. The maximum Gasteiger partial charge on any atom is 0.326 e. The summed E-state index contributed by atoms with van der Waals surface area (Å²) in [6.45, 7) is 1.75. The molecule has 24 heavy (non-hydrogen) atoms. The van der Waals surface area contributed by atoms with Gasteiger partial charge in [0.1, 0.15) is 0 Å². The Bertz CT molecular complexity index is 948. The van der Waals surface area contributed by atoms with Crippen LogP contribution in [0.5, 0.6) is 5.88 Å². The zero-order chi connectivity index (χ0) is 17.1. The fourth-order valence-corrected chi connectivity index (χ4v) is 2.43. The Kier molecular flexibility index (Phi) is 4.20. The summed E-state index contributed by atoms with van der Waals surface area (Å²) >= 11 is 0. The lowest BCUT2D eigenvalue weighted by Gasteiger charge is -2.09. The van der Waals surface area contributed by atoms with Crippen LogP contribution in [0.3, 0.4) is 0 Å². The van der Waals surface area contributed by atoms with E-state index in [2.05, 4.69) is 10.2 Å². The smallest absolute Gasteiger partial charge is 0.326 e. The monoisotopic (exact) mass is 321 g/mol. The molecule has 0 fully saturated rings. The predicted molar refractivity (Wildman–Crippen MR) is 90.2 cm³/mol. The number of benzene rings is 1. The second-order valence-electron chi connectivity index (χ2n) is 5.33. The summed E-state index contributed by atoms with van der Waals surface area (Å²) in [6, 6.07) is 14.7. The first-order valence-electron chi connectivity index (χ1n) is 7.45. The van der Waals surface area contributed by atoms with Gasteiger partial charge in [0.05, 0.1) is 11.3 Å². The number of hydrogen-bond acceptors (Lipinski definition) is 4. The van der Waals surface area contributed by atoms with Crippen LogP contribution in [0.25, 0.3) is 5.69 Å². The minimum absolute atomic E-state index is 0.211. The summed E-state index contributed by atoms with van der Waals surface area (Å²) < 4.78 is 2.88. The maximum absolute atomic E-state index is 12.5. The van der Waals surface area contributed by atoms with Crippen molar-refractivity contribution < 1.29 is 9.67 Å². The van der Waals surface area contributed by atoms with Crippen molar-refractivity contribution in [3.05, 3.63) is 76.8 Å². The predicted octanol–water partition coefficient (Wildman–Crippen LogP) is 3.09. The third-order valence-corrected chi connectivity index (χ3v) is 3.74. The van der Waals surface area contributed by atoms with E-state index in [1.807, 2.05) is 48.5 Å². The van der Waals surface area contributed by atoms with Crippen molar-refractivity contribution in [2.75, 3.05) is 0 Å². The van der Waals surface area contributed by atoms with Gasteiger partial charge >= 0.3 is 5.56 Å². The molecule has 6 heteroatoms. The summed E-state index contributed by atoms with van der Waals surface area (Å²) in [5, 5.41) is 18.6. The normalized spacial score (nSPS) is 11.1. The lowest BCUT2D eigenvalue weighted by Crippen LogP contribution is -2.39. The first kappa shape index (κ1) is 15.6. The van der Waals surface area contributed by atoms with Crippen molar-refractivity contribution in [3.63, 3.8) is 0 Å². The third kappa shape index (κ3) is 2.81. The second kappa shape index (κ2) is 6.45. The highest BCUT2D eigenvalue weighted by molar-refractivity contribution is 5.58. The molecule has 0 amide bonds. The fourth-order valence-electron chi connectivity index (χ4n) is 2.43. The molecule has 0 spiro atoms. The highest BCUT2D eigenvalue weighted by atomic mass is 16.3. The van der Waals surface area contributed by atoms with Gasteiger partial charge in [0.2, 0.25) is 5.88 Å². The van der Waals surface area contributed by atoms with E-state index >= 15 is 0 Å². The van der Waals surface area contributed by atoms with E-state index < -0.39 is 0 Å². The fraction of sp³-hybridized carbons (Fsp3) is 0.111. The van der Waals surface area contributed by atoms with Crippen LogP contribution in [0.15, 0.2) is 75.9 Å². The molecule has 0 saturated heterocycles. The van der Waals surface area contributed by atoms with Gasteiger partial charge in [0.25, 0.3) is 5.69 Å². The largest absolute Gasteiger partial charge is 0.493 e. The van der Waals surface area contributed by atoms with Crippen molar-refractivity contribution in [2.24, 2.45) is 17.3 Å². The maximum atomic E-state index is 12.5. The van der Waals surface area contributed by atoms with Crippen LogP contribution >= 0.6 is 0 Å². The first-order valence-corrected chi connectivity index (χ1v) is 7.45. The van der Waals surface area contributed by atoms with Gasteiger partial charge in [-0.2, -0.15) is 9.68 Å². The topological polar surface area (TPSA) is 70.8 Å². The minimum Gasteiger partial charge on any atom is -0.493 e. The zero-order valence-corrected chi connectivity index (χ0v) is 13.4. The van der Waals surface area contributed by atoms with Crippen molar-refractivity contribution in [3.8, 4) is 11.6 Å². The molecule has 0 radical (unpaired) electrons. The van der Waals surface area contributed by atoms with Crippen molar-refractivity contribution in [1.29, 1.82) is 0 Å². The number of rotatable bonds is 3. The standard InChI is InChI=1S/C18H16N4O2/c1-13-15(20-19-14-9-5-3-6-10-14)17(23)21(2)18(24)16(13)22-11-7-4-8-12-22/h3-12H,1-2H3/p+1. The van der Waals surface area contributed by atoms with E-state index in [-0.39, 0.29) is 17.1 Å². The molecule has 120 valence electrons. The van der Waals surface area contributed by atoms with Gasteiger partial charge < -0.3 is 5.11 Å². The zero-order valence-electron chi connectivity index (χ0n) is 13.4.